The van der Waals surface area contributed by atoms with Crippen LogP contribution in [0, 0.1) is 11.3 Å². The van der Waals surface area contributed by atoms with Gasteiger partial charge in [-0.3, -0.25) is 4.79 Å². The van der Waals surface area contributed by atoms with Crippen molar-refractivity contribution in [2.24, 2.45) is 0 Å². The number of nitrogens with zero attached hydrogens (tertiary/aromatic N) is 4. The zero-order chi connectivity index (χ0) is 23.4. The number of para-hydroxylation sites is 2. The van der Waals surface area contributed by atoms with Gasteiger partial charge in [-0.05, 0) is 43.2 Å². The van der Waals surface area contributed by atoms with Gasteiger partial charge in [-0.2, -0.15) is 5.26 Å². The zero-order valence-corrected chi connectivity index (χ0v) is 20.4. The van der Waals surface area contributed by atoms with E-state index in [1.165, 1.54) is 0 Å². The third kappa shape index (κ3) is 4.62. The van der Waals surface area contributed by atoms with Gasteiger partial charge in [0.2, 0.25) is 0 Å². The van der Waals surface area contributed by atoms with E-state index >= 15 is 0 Å². The van der Waals surface area contributed by atoms with Crippen LogP contribution in [0.4, 0.5) is 5.82 Å². The van der Waals surface area contributed by atoms with E-state index in [1.807, 2.05) is 41.0 Å². The number of carbonyl (C=O) groups is 1. The molecular formula is C26H26BrN5O. The SMILES string of the molecule is CCCCC[C@H](CC)n1c(NC(=O)c2cccc(Br)c2)c(C#N)c2nc3ccccc3nc21. The molecule has 7 heteroatoms. The van der Waals surface area contributed by atoms with Crippen LogP contribution in [0.2, 0.25) is 0 Å². The van der Waals surface area contributed by atoms with Gasteiger partial charge in [0.05, 0.1) is 11.0 Å². The number of nitrogens with one attached hydrogen (secondary N) is 1. The van der Waals surface area contributed by atoms with Crippen LogP contribution in [0.5, 0.6) is 0 Å². The van der Waals surface area contributed by atoms with Gasteiger partial charge in [-0.15, -0.1) is 0 Å². The third-order valence-electron chi connectivity index (χ3n) is 5.90. The molecule has 0 aliphatic rings. The van der Waals surface area contributed by atoms with Crippen LogP contribution in [-0.2, 0) is 0 Å². The largest absolute Gasteiger partial charge is 0.307 e. The number of unbranched alkanes of at least 4 members (excludes halogenated alkanes) is 2. The summed E-state index contributed by atoms with van der Waals surface area (Å²) in [6.07, 6.45) is 5.12. The Balaban J connectivity index is 1.91. The van der Waals surface area contributed by atoms with Crippen LogP contribution in [-0.4, -0.2) is 20.4 Å². The minimum Gasteiger partial charge on any atom is -0.307 e. The molecule has 33 heavy (non-hydrogen) atoms. The second kappa shape index (κ2) is 10.1. The molecule has 0 radical (unpaired) electrons. The van der Waals surface area contributed by atoms with E-state index in [4.69, 9.17) is 9.97 Å². The molecule has 4 rings (SSSR count). The number of aromatic nitrogens is 3. The Morgan fingerprint density at radius 2 is 1.88 bits per heavy atom. The highest BCUT2D eigenvalue weighted by Gasteiger charge is 2.26. The monoisotopic (exact) mass is 503 g/mol. The molecule has 0 saturated heterocycles. The van der Waals surface area contributed by atoms with E-state index in [2.05, 4.69) is 41.2 Å². The Hall–Kier alpha value is -3.24. The predicted octanol–water partition coefficient (Wildman–Crippen LogP) is 7.00. The first-order valence-electron chi connectivity index (χ1n) is 11.3. The fourth-order valence-electron chi connectivity index (χ4n) is 4.20. The lowest BCUT2D eigenvalue weighted by Crippen LogP contribution is -2.19. The van der Waals surface area contributed by atoms with Crippen LogP contribution >= 0.6 is 15.9 Å². The van der Waals surface area contributed by atoms with Crippen molar-refractivity contribution < 1.29 is 4.79 Å². The molecule has 0 saturated carbocycles. The molecule has 0 bridgehead atoms. The summed E-state index contributed by atoms with van der Waals surface area (Å²) in [6, 6.07) is 17.2. The first-order valence-corrected chi connectivity index (χ1v) is 12.1. The number of hydrogen-bond acceptors (Lipinski definition) is 4. The summed E-state index contributed by atoms with van der Waals surface area (Å²) in [5.74, 6) is 0.195. The van der Waals surface area contributed by atoms with Crippen molar-refractivity contribution in [2.75, 3.05) is 5.32 Å². The second-order valence-electron chi connectivity index (χ2n) is 8.11. The van der Waals surface area contributed by atoms with E-state index in [9.17, 15) is 10.1 Å². The molecule has 168 valence electrons. The molecule has 1 atom stereocenters. The van der Waals surface area contributed by atoms with Gasteiger partial charge in [-0.25, -0.2) is 9.97 Å². The van der Waals surface area contributed by atoms with E-state index in [0.29, 0.717) is 28.1 Å². The second-order valence-corrected chi connectivity index (χ2v) is 9.03. The van der Waals surface area contributed by atoms with Crippen LogP contribution < -0.4 is 5.32 Å². The molecule has 0 fully saturated rings. The molecule has 0 unspecified atom stereocenters. The lowest BCUT2D eigenvalue weighted by Gasteiger charge is -2.21. The number of nitriles is 1. The molecule has 0 spiro atoms. The lowest BCUT2D eigenvalue weighted by molar-refractivity contribution is 0.102. The van der Waals surface area contributed by atoms with Crippen LogP contribution in [0.15, 0.2) is 53.0 Å². The Bertz CT molecular complexity index is 1350. The fourth-order valence-corrected chi connectivity index (χ4v) is 4.60. The first-order chi connectivity index (χ1) is 16.1. The highest BCUT2D eigenvalue weighted by atomic mass is 79.9. The normalized spacial score (nSPS) is 12.1. The van der Waals surface area contributed by atoms with E-state index < -0.39 is 0 Å². The summed E-state index contributed by atoms with van der Waals surface area (Å²) in [5, 5.41) is 13.1. The Kier molecular flexibility index (Phi) is 7.05. The average molecular weight is 504 g/mol. The summed E-state index contributed by atoms with van der Waals surface area (Å²) in [6.45, 7) is 4.31. The molecule has 1 amide bonds. The van der Waals surface area contributed by atoms with Crippen molar-refractivity contribution >= 4 is 49.9 Å². The highest BCUT2D eigenvalue weighted by molar-refractivity contribution is 9.10. The smallest absolute Gasteiger partial charge is 0.256 e. The van der Waals surface area contributed by atoms with Gasteiger partial charge in [-0.1, -0.05) is 67.2 Å². The number of fused-ring (bicyclic) bond motifs is 2. The molecule has 0 aliphatic heterocycles. The van der Waals surface area contributed by atoms with E-state index in [1.54, 1.807) is 12.1 Å². The number of halogens is 1. The third-order valence-corrected chi connectivity index (χ3v) is 6.40. The lowest BCUT2D eigenvalue weighted by atomic mass is 10.1. The van der Waals surface area contributed by atoms with Gasteiger partial charge in [0.1, 0.15) is 23.0 Å². The summed E-state index contributed by atoms with van der Waals surface area (Å²) >= 11 is 3.42. The summed E-state index contributed by atoms with van der Waals surface area (Å²) in [7, 11) is 0. The molecule has 2 heterocycles. The first kappa shape index (κ1) is 22.9. The zero-order valence-electron chi connectivity index (χ0n) is 18.8. The maximum Gasteiger partial charge on any atom is 0.256 e. The molecule has 2 aromatic carbocycles. The molecule has 0 aliphatic carbocycles. The van der Waals surface area contributed by atoms with Crippen molar-refractivity contribution in [3.63, 3.8) is 0 Å². The topological polar surface area (TPSA) is 83.6 Å². The summed E-state index contributed by atoms with van der Waals surface area (Å²) < 4.78 is 2.84. The maximum atomic E-state index is 13.2. The Labute approximate surface area is 201 Å². The van der Waals surface area contributed by atoms with Gasteiger partial charge in [0.15, 0.2) is 5.65 Å². The average Bonchev–Trinajstić information content (AvgIpc) is 3.12. The van der Waals surface area contributed by atoms with Crippen molar-refractivity contribution in [2.45, 2.75) is 52.0 Å². The van der Waals surface area contributed by atoms with Crippen molar-refractivity contribution in [1.82, 2.24) is 14.5 Å². The van der Waals surface area contributed by atoms with Gasteiger partial charge < -0.3 is 9.88 Å². The van der Waals surface area contributed by atoms with Crippen LogP contribution in [0.1, 0.15) is 67.9 Å². The highest BCUT2D eigenvalue weighted by Crippen LogP contribution is 2.35. The summed E-state index contributed by atoms with van der Waals surface area (Å²) in [5.41, 5.74) is 3.51. The maximum absolute atomic E-state index is 13.2. The van der Waals surface area contributed by atoms with Crippen molar-refractivity contribution in [1.29, 1.82) is 5.26 Å². The number of carbonyl (C=O) groups excluding carboxylic acids is 1. The minimum atomic E-state index is -0.273. The van der Waals surface area contributed by atoms with Crippen molar-refractivity contribution in [3.8, 4) is 6.07 Å². The molecular weight excluding hydrogens is 478 g/mol. The minimum absolute atomic E-state index is 0.0921. The quantitative estimate of drug-likeness (QED) is 0.262. The standard InChI is InChI=1S/C26H26BrN5O/c1-3-5-6-12-19(4-2)32-24(31-26(33)17-10-9-11-18(27)15-17)20(16-28)23-25(32)30-22-14-8-7-13-21(22)29-23/h7-11,13-15,19H,3-6,12H2,1-2H3,(H,31,33)/t19-/m0/s1. The summed E-state index contributed by atoms with van der Waals surface area (Å²) in [4.78, 5) is 22.8. The van der Waals surface area contributed by atoms with E-state index in [-0.39, 0.29) is 11.9 Å². The number of rotatable bonds is 8. The van der Waals surface area contributed by atoms with Crippen LogP contribution in [0.3, 0.4) is 0 Å². The Morgan fingerprint density at radius 1 is 1.12 bits per heavy atom. The van der Waals surface area contributed by atoms with Gasteiger partial charge in [0.25, 0.3) is 5.91 Å². The molecule has 1 N–H and O–H groups in total. The molecule has 2 aromatic heterocycles. The number of amides is 1. The fraction of sp³-hybridized carbons (Fsp3) is 0.308. The van der Waals surface area contributed by atoms with Crippen molar-refractivity contribution in [3.05, 3.63) is 64.1 Å². The number of hydrogen-bond donors (Lipinski definition) is 1. The molecule has 6 nitrogen and oxygen atoms in total. The van der Waals surface area contributed by atoms with Crippen LogP contribution in [0.25, 0.3) is 22.2 Å². The van der Waals surface area contributed by atoms with Gasteiger partial charge in [0, 0.05) is 16.1 Å². The molecule has 4 aromatic rings. The predicted molar refractivity (Wildman–Crippen MR) is 135 cm³/mol. The number of anilines is 1. The number of benzene rings is 2. The van der Waals surface area contributed by atoms with E-state index in [0.717, 1.165) is 47.6 Å². The Morgan fingerprint density at radius 3 is 2.55 bits per heavy atom. The van der Waals surface area contributed by atoms with Gasteiger partial charge >= 0.3 is 0 Å².